The van der Waals surface area contributed by atoms with Gasteiger partial charge < -0.3 is 25.0 Å². The summed E-state index contributed by atoms with van der Waals surface area (Å²) in [4.78, 5) is 31.7. The third-order valence-corrected chi connectivity index (χ3v) is 7.14. The van der Waals surface area contributed by atoms with E-state index in [0.29, 0.717) is 31.7 Å². The van der Waals surface area contributed by atoms with Gasteiger partial charge >= 0.3 is 6.09 Å². The van der Waals surface area contributed by atoms with Gasteiger partial charge in [-0.3, -0.25) is 9.78 Å². The number of aromatic nitrogens is 1. The van der Waals surface area contributed by atoms with Crippen LogP contribution in [-0.4, -0.2) is 67.4 Å². The molecule has 2 aliphatic carbocycles. The SMILES string of the molecule is COC(=O)NCCCc1cc([C@@H](C)N(C(=O)[C@H]2CNCCO2)C2CC2)cnc1C1CCCC1. The van der Waals surface area contributed by atoms with E-state index < -0.39 is 12.2 Å². The molecule has 33 heavy (non-hydrogen) atoms. The molecule has 2 N–H and O–H groups in total. The summed E-state index contributed by atoms with van der Waals surface area (Å²) in [6.07, 6.45) is 9.84. The molecular formula is C25H38N4O4. The molecule has 8 nitrogen and oxygen atoms in total. The molecule has 0 aromatic carbocycles. The summed E-state index contributed by atoms with van der Waals surface area (Å²) in [7, 11) is 1.38. The Balaban J connectivity index is 1.51. The fraction of sp³-hybridized carbons (Fsp3) is 0.720. The van der Waals surface area contributed by atoms with E-state index in [1.165, 1.54) is 44.1 Å². The van der Waals surface area contributed by atoms with E-state index in [9.17, 15) is 9.59 Å². The molecule has 4 rings (SSSR count). The van der Waals surface area contributed by atoms with Gasteiger partial charge in [-0.2, -0.15) is 0 Å². The number of nitrogens with one attached hydrogen (secondary N) is 2. The number of rotatable bonds is 9. The van der Waals surface area contributed by atoms with Gasteiger partial charge in [0.25, 0.3) is 5.91 Å². The van der Waals surface area contributed by atoms with E-state index in [1.807, 2.05) is 11.1 Å². The Morgan fingerprint density at radius 3 is 2.76 bits per heavy atom. The number of carbonyl (C=O) groups is 2. The predicted molar refractivity (Wildman–Crippen MR) is 125 cm³/mol. The van der Waals surface area contributed by atoms with Crippen molar-refractivity contribution in [1.82, 2.24) is 20.5 Å². The van der Waals surface area contributed by atoms with Crippen molar-refractivity contribution < 1.29 is 19.1 Å². The molecule has 2 atom stereocenters. The summed E-state index contributed by atoms with van der Waals surface area (Å²) in [5.74, 6) is 0.599. The number of hydrogen-bond acceptors (Lipinski definition) is 6. The topological polar surface area (TPSA) is 92.8 Å². The molecule has 1 aromatic rings. The molecule has 2 saturated carbocycles. The van der Waals surface area contributed by atoms with Crippen LogP contribution in [0.5, 0.6) is 0 Å². The summed E-state index contributed by atoms with van der Waals surface area (Å²) < 4.78 is 10.4. The number of morpholine rings is 1. The van der Waals surface area contributed by atoms with Gasteiger partial charge in [0.2, 0.25) is 0 Å². The van der Waals surface area contributed by atoms with E-state index in [-0.39, 0.29) is 11.9 Å². The summed E-state index contributed by atoms with van der Waals surface area (Å²) in [6.45, 7) is 4.62. The van der Waals surface area contributed by atoms with Crippen molar-refractivity contribution in [3.63, 3.8) is 0 Å². The van der Waals surface area contributed by atoms with Gasteiger partial charge in [-0.05, 0) is 56.6 Å². The number of nitrogens with zero attached hydrogens (tertiary/aromatic N) is 2. The molecule has 3 aliphatic rings. The molecule has 1 aliphatic heterocycles. The first kappa shape index (κ1) is 24.0. The molecule has 3 fully saturated rings. The van der Waals surface area contributed by atoms with Crippen LogP contribution < -0.4 is 10.6 Å². The third-order valence-electron chi connectivity index (χ3n) is 7.14. The average molecular weight is 459 g/mol. The Labute approximate surface area is 196 Å². The van der Waals surface area contributed by atoms with Gasteiger partial charge in [-0.15, -0.1) is 0 Å². The minimum absolute atomic E-state index is 0.0485. The van der Waals surface area contributed by atoms with E-state index in [2.05, 4.69) is 28.4 Å². The number of carbonyl (C=O) groups excluding carboxylic acids is 2. The number of pyridine rings is 1. The van der Waals surface area contributed by atoms with Crippen molar-refractivity contribution in [3.05, 3.63) is 29.1 Å². The first-order valence-corrected chi connectivity index (χ1v) is 12.5. The predicted octanol–water partition coefficient (Wildman–Crippen LogP) is 3.07. The monoisotopic (exact) mass is 458 g/mol. The summed E-state index contributed by atoms with van der Waals surface area (Å²) in [6, 6.07) is 2.50. The van der Waals surface area contributed by atoms with Crippen LogP contribution in [0.2, 0.25) is 0 Å². The van der Waals surface area contributed by atoms with Gasteiger partial charge in [-0.25, -0.2) is 4.79 Å². The van der Waals surface area contributed by atoms with Crippen LogP contribution in [0.1, 0.15) is 80.7 Å². The fourth-order valence-electron chi connectivity index (χ4n) is 5.17. The van der Waals surface area contributed by atoms with Gasteiger partial charge in [0.1, 0.15) is 6.10 Å². The second kappa shape index (κ2) is 11.3. The lowest BCUT2D eigenvalue weighted by Crippen LogP contribution is -2.50. The summed E-state index contributed by atoms with van der Waals surface area (Å²) in [5.41, 5.74) is 3.53. The van der Waals surface area contributed by atoms with Crippen LogP contribution >= 0.6 is 0 Å². The molecule has 0 radical (unpaired) electrons. The van der Waals surface area contributed by atoms with Crippen LogP contribution in [-0.2, 0) is 20.7 Å². The molecular weight excluding hydrogens is 420 g/mol. The van der Waals surface area contributed by atoms with Gasteiger partial charge in [-0.1, -0.05) is 18.9 Å². The Bertz CT molecular complexity index is 817. The Hall–Kier alpha value is -2.19. The minimum atomic E-state index is -0.406. The van der Waals surface area contributed by atoms with Gasteiger partial charge in [0.05, 0.1) is 19.8 Å². The minimum Gasteiger partial charge on any atom is -0.453 e. The number of hydrogen-bond donors (Lipinski definition) is 2. The van der Waals surface area contributed by atoms with Crippen molar-refractivity contribution >= 4 is 12.0 Å². The van der Waals surface area contributed by atoms with Crippen molar-refractivity contribution in [2.45, 2.75) is 82.4 Å². The van der Waals surface area contributed by atoms with Crippen molar-refractivity contribution in [3.8, 4) is 0 Å². The van der Waals surface area contributed by atoms with Gasteiger partial charge in [0.15, 0.2) is 0 Å². The first-order valence-electron chi connectivity index (χ1n) is 12.5. The number of methoxy groups -OCH3 is 1. The zero-order valence-corrected chi connectivity index (χ0v) is 20.0. The van der Waals surface area contributed by atoms with Crippen LogP contribution in [0.4, 0.5) is 4.79 Å². The summed E-state index contributed by atoms with van der Waals surface area (Å²) in [5, 5.41) is 6.04. The highest BCUT2D eigenvalue weighted by molar-refractivity contribution is 5.82. The normalized spacial score (nSPS) is 22.1. The zero-order chi connectivity index (χ0) is 23.2. The lowest BCUT2D eigenvalue weighted by atomic mass is 9.93. The standard InChI is InChI=1S/C25H38N4O4/c1-17(29(21-9-10-21)24(30)22-16-26-12-13-33-22)20-14-19(8-5-11-27-25(31)32-2)23(28-15-20)18-6-3-4-7-18/h14-15,17-18,21-22,26H,3-13,16H2,1-2H3,(H,27,31)/t17-,22-/m1/s1. The molecule has 2 amide bonds. The lowest BCUT2D eigenvalue weighted by Gasteiger charge is -2.34. The molecule has 0 unspecified atom stereocenters. The number of ether oxygens (including phenoxy) is 2. The highest BCUT2D eigenvalue weighted by atomic mass is 16.5. The number of amides is 2. The Morgan fingerprint density at radius 1 is 1.30 bits per heavy atom. The van der Waals surface area contributed by atoms with Crippen LogP contribution in [0.3, 0.4) is 0 Å². The Morgan fingerprint density at radius 2 is 2.09 bits per heavy atom. The zero-order valence-electron chi connectivity index (χ0n) is 20.0. The fourth-order valence-corrected chi connectivity index (χ4v) is 5.17. The molecule has 182 valence electrons. The average Bonchev–Trinajstić information content (AvgIpc) is 3.53. The van der Waals surface area contributed by atoms with Crippen molar-refractivity contribution in [2.75, 3.05) is 33.4 Å². The number of alkyl carbamates (subject to hydrolysis) is 1. The van der Waals surface area contributed by atoms with Crippen molar-refractivity contribution in [1.29, 1.82) is 0 Å². The molecule has 0 spiro atoms. The maximum absolute atomic E-state index is 13.3. The number of aryl methyl sites for hydroxylation is 1. The second-order valence-electron chi connectivity index (χ2n) is 9.53. The van der Waals surface area contributed by atoms with Gasteiger partial charge in [0, 0.05) is 43.5 Å². The highest BCUT2D eigenvalue weighted by Crippen LogP contribution is 2.38. The summed E-state index contributed by atoms with van der Waals surface area (Å²) >= 11 is 0. The maximum Gasteiger partial charge on any atom is 0.406 e. The van der Waals surface area contributed by atoms with E-state index >= 15 is 0 Å². The maximum atomic E-state index is 13.3. The van der Waals surface area contributed by atoms with Crippen LogP contribution in [0.15, 0.2) is 12.3 Å². The van der Waals surface area contributed by atoms with Crippen LogP contribution in [0.25, 0.3) is 0 Å². The molecule has 2 heterocycles. The quantitative estimate of drug-likeness (QED) is 0.553. The molecule has 1 aromatic heterocycles. The smallest absolute Gasteiger partial charge is 0.406 e. The van der Waals surface area contributed by atoms with Crippen molar-refractivity contribution in [2.24, 2.45) is 0 Å². The van der Waals surface area contributed by atoms with E-state index in [4.69, 9.17) is 9.72 Å². The first-order chi connectivity index (χ1) is 16.1. The molecule has 0 bridgehead atoms. The molecule has 1 saturated heterocycles. The molecule has 8 heteroatoms. The van der Waals surface area contributed by atoms with Crippen LogP contribution in [0, 0.1) is 0 Å². The Kier molecular flexibility index (Phi) is 8.20. The lowest BCUT2D eigenvalue weighted by molar-refractivity contribution is -0.148. The highest BCUT2D eigenvalue weighted by Gasteiger charge is 2.40. The van der Waals surface area contributed by atoms with E-state index in [0.717, 1.165) is 37.8 Å². The second-order valence-corrected chi connectivity index (χ2v) is 9.53. The largest absolute Gasteiger partial charge is 0.453 e. The third kappa shape index (κ3) is 6.03. The van der Waals surface area contributed by atoms with E-state index in [1.54, 1.807) is 0 Å².